The van der Waals surface area contributed by atoms with Crippen molar-refractivity contribution >= 4 is 17.4 Å². The summed E-state index contributed by atoms with van der Waals surface area (Å²) in [6.07, 6.45) is 5.46. The highest BCUT2D eigenvalue weighted by Gasteiger charge is 2.22. The fourth-order valence-electron chi connectivity index (χ4n) is 2.83. The van der Waals surface area contributed by atoms with Crippen molar-refractivity contribution in [2.45, 2.75) is 51.6 Å². The predicted octanol–water partition coefficient (Wildman–Crippen LogP) is 4.06. The standard InChI is InChI=1S/C16H22ClNO/c1-13(19)8-9-16-7-2-3-10-18(16)12-14-5-4-6-15(17)11-14/h4-6,11,16H,2-3,7-10,12H2,1H3. The van der Waals surface area contributed by atoms with Crippen molar-refractivity contribution in [3.63, 3.8) is 0 Å². The summed E-state index contributed by atoms with van der Waals surface area (Å²) in [6, 6.07) is 8.64. The lowest BCUT2D eigenvalue weighted by Gasteiger charge is -2.35. The van der Waals surface area contributed by atoms with Gasteiger partial charge in [0.25, 0.3) is 0 Å². The van der Waals surface area contributed by atoms with Crippen LogP contribution >= 0.6 is 11.6 Å². The molecule has 0 saturated carbocycles. The molecule has 1 unspecified atom stereocenters. The Morgan fingerprint density at radius 3 is 3.00 bits per heavy atom. The summed E-state index contributed by atoms with van der Waals surface area (Å²) in [7, 11) is 0. The van der Waals surface area contributed by atoms with E-state index >= 15 is 0 Å². The van der Waals surface area contributed by atoms with Crippen LogP contribution in [0.5, 0.6) is 0 Å². The lowest BCUT2D eigenvalue weighted by molar-refractivity contribution is -0.117. The minimum atomic E-state index is 0.299. The quantitative estimate of drug-likeness (QED) is 0.810. The van der Waals surface area contributed by atoms with Crippen LogP contribution in [0.1, 0.15) is 44.6 Å². The number of Topliss-reactive ketones (excluding diaryl/α,β-unsaturated/α-hetero) is 1. The van der Waals surface area contributed by atoms with Crippen molar-refractivity contribution in [1.29, 1.82) is 0 Å². The molecule has 104 valence electrons. The molecule has 1 fully saturated rings. The van der Waals surface area contributed by atoms with E-state index in [-0.39, 0.29) is 0 Å². The van der Waals surface area contributed by atoms with E-state index in [0.717, 1.165) is 24.5 Å². The number of piperidine rings is 1. The summed E-state index contributed by atoms with van der Waals surface area (Å²) in [5, 5.41) is 0.801. The largest absolute Gasteiger partial charge is 0.300 e. The minimum Gasteiger partial charge on any atom is -0.300 e. The number of nitrogens with zero attached hydrogens (tertiary/aromatic N) is 1. The molecule has 0 spiro atoms. The first kappa shape index (κ1) is 14.5. The minimum absolute atomic E-state index is 0.299. The SMILES string of the molecule is CC(=O)CCC1CCCCN1Cc1cccc(Cl)c1. The van der Waals surface area contributed by atoms with Gasteiger partial charge in [0.05, 0.1) is 0 Å². The number of halogens is 1. The zero-order chi connectivity index (χ0) is 13.7. The molecule has 19 heavy (non-hydrogen) atoms. The second kappa shape index (κ2) is 7.06. The Bertz CT molecular complexity index is 433. The van der Waals surface area contributed by atoms with E-state index in [4.69, 9.17) is 11.6 Å². The number of rotatable bonds is 5. The van der Waals surface area contributed by atoms with Gasteiger partial charge < -0.3 is 4.79 Å². The van der Waals surface area contributed by atoms with Crippen LogP contribution in [-0.4, -0.2) is 23.3 Å². The average molecular weight is 280 g/mol. The zero-order valence-corrected chi connectivity index (χ0v) is 12.3. The van der Waals surface area contributed by atoms with Crippen LogP contribution in [0, 0.1) is 0 Å². The van der Waals surface area contributed by atoms with E-state index < -0.39 is 0 Å². The van der Waals surface area contributed by atoms with Gasteiger partial charge in [0.1, 0.15) is 5.78 Å². The first-order valence-electron chi connectivity index (χ1n) is 7.13. The number of hydrogen-bond acceptors (Lipinski definition) is 2. The number of carbonyl (C=O) groups is 1. The molecule has 1 aliphatic heterocycles. The molecule has 0 amide bonds. The summed E-state index contributed by atoms with van der Waals surface area (Å²) in [5.74, 6) is 0.299. The number of carbonyl (C=O) groups excluding carboxylic acids is 1. The number of ketones is 1. The molecule has 0 N–H and O–H groups in total. The smallest absolute Gasteiger partial charge is 0.129 e. The lowest BCUT2D eigenvalue weighted by atomic mass is 9.96. The summed E-state index contributed by atoms with van der Waals surface area (Å²) in [4.78, 5) is 13.7. The summed E-state index contributed by atoms with van der Waals surface area (Å²) >= 11 is 6.04. The van der Waals surface area contributed by atoms with Gasteiger partial charge in [-0.15, -0.1) is 0 Å². The maximum absolute atomic E-state index is 11.2. The second-order valence-electron chi connectivity index (χ2n) is 5.49. The molecule has 3 heteroatoms. The third-order valence-corrected chi connectivity index (χ3v) is 4.09. The normalized spacial score (nSPS) is 20.4. The molecular formula is C16H22ClNO. The molecule has 2 rings (SSSR count). The zero-order valence-electron chi connectivity index (χ0n) is 11.6. The van der Waals surface area contributed by atoms with Crippen LogP contribution in [-0.2, 0) is 11.3 Å². The van der Waals surface area contributed by atoms with Crippen LogP contribution in [0.3, 0.4) is 0 Å². The highest BCUT2D eigenvalue weighted by molar-refractivity contribution is 6.30. The first-order chi connectivity index (χ1) is 9.15. The van der Waals surface area contributed by atoms with E-state index in [1.807, 2.05) is 18.2 Å². The third kappa shape index (κ3) is 4.63. The maximum Gasteiger partial charge on any atom is 0.129 e. The average Bonchev–Trinajstić information content (AvgIpc) is 2.38. The van der Waals surface area contributed by atoms with Crippen molar-refractivity contribution in [1.82, 2.24) is 4.90 Å². The molecule has 1 atom stereocenters. The summed E-state index contributed by atoms with van der Waals surface area (Å²) < 4.78 is 0. The maximum atomic E-state index is 11.2. The fraction of sp³-hybridized carbons (Fsp3) is 0.562. The molecule has 1 aliphatic rings. The number of benzene rings is 1. The molecule has 0 aliphatic carbocycles. The molecule has 2 nitrogen and oxygen atoms in total. The van der Waals surface area contributed by atoms with Crippen molar-refractivity contribution in [2.75, 3.05) is 6.54 Å². The second-order valence-corrected chi connectivity index (χ2v) is 5.93. The van der Waals surface area contributed by atoms with Crippen molar-refractivity contribution in [2.24, 2.45) is 0 Å². The van der Waals surface area contributed by atoms with Gasteiger partial charge in [0.15, 0.2) is 0 Å². The lowest BCUT2D eigenvalue weighted by Crippen LogP contribution is -2.39. The highest BCUT2D eigenvalue weighted by Crippen LogP contribution is 2.23. The monoisotopic (exact) mass is 279 g/mol. The van der Waals surface area contributed by atoms with Gasteiger partial charge in [0, 0.05) is 24.0 Å². The van der Waals surface area contributed by atoms with Crippen molar-refractivity contribution < 1.29 is 4.79 Å². The molecule has 1 aromatic carbocycles. The summed E-state index contributed by atoms with van der Waals surface area (Å²) in [6.45, 7) is 3.77. The van der Waals surface area contributed by atoms with Crippen molar-refractivity contribution in [3.05, 3.63) is 34.9 Å². The Morgan fingerprint density at radius 2 is 2.26 bits per heavy atom. The molecule has 0 bridgehead atoms. The van der Waals surface area contributed by atoms with Gasteiger partial charge in [0.2, 0.25) is 0 Å². The van der Waals surface area contributed by atoms with E-state index in [2.05, 4.69) is 11.0 Å². The van der Waals surface area contributed by atoms with Gasteiger partial charge in [-0.3, -0.25) is 4.90 Å². The van der Waals surface area contributed by atoms with Gasteiger partial charge in [-0.05, 0) is 50.4 Å². The molecule has 1 heterocycles. The Kier molecular flexibility index (Phi) is 5.41. The van der Waals surface area contributed by atoms with Gasteiger partial charge in [-0.1, -0.05) is 30.2 Å². The van der Waals surface area contributed by atoms with E-state index in [0.29, 0.717) is 18.2 Å². The van der Waals surface area contributed by atoms with E-state index in [1.54, 1.807) is 6.92 Å². The Morgan fingerprint density at radius 1 is 1.42 bits per heavy atom. The topological polar surface area (TPSA) is 20.3 Å². The Labute approximate surface area is 120 Å². The van der Waals surface area contributed by atoms with Crippen LogP contribution in [0.25, 0.3) is 0 Å². The fourth-order valence-corrected chi connectivity index (χ4v) is 3.05. The van der Waals surface area contributed by atoms with Gasteiger partial charge in [-0.2, -0.15) is 0 Å². The van der Waals surface area contributed by atoms with Crippen molar-refractivity contribution in [3.8, 4) is 0 Å². The van der Waals surface area contributed by atoms with Gasteiger partial charge >= 0.3 is 0 Å². The molecule has 0 radical (unpaired) electrons. The predicted molar refractivity (Wildman–Crippen MR) is 79.4 cm³/mol. The molecule has 0 aromatic heterocycles. The molecule has 1 aromatic rings. The Hall–Kier alpha value is -0.860. The highest BCUT2D eigenvalue weighted by atomic mass is 35.5. The van der Waals surface area contributed by atoms with E-state index in [1.165, 1.54) is 24.8 Å². The molecular weight excluding hydrogens is 258 g/mol. The van der Waals surface area contributed by atoms with Crippen LogP contribution < -0.4 is 0 Å². The van der Waals surface area contributed by atoms with E-state index in [9.17, 15) is 4.79 Å². The number of likely N-dealkylation sites (tertiary alicyclic amines) is 1. The number of hydrogen-bond donors (Lipinski definition) is 0. The molecule has 1 saturated heterocycles. The summed E-state index contributed by atoms with van der Waals surface area (Å²) in [5.41, 5.74) is 1.27. The van der Waals surface area contributed by atoms with Crippen LogP contribution in [0.2, 0.25) is 5.02 Å². The Balaban J connectivity index is 1.97. The van der Waals surface area contributed by atoms with Gasteiger partial charge in [-0.25, -0.2) is 0 Å². The van der Waals surface area contributed by atoms with Crippen LogP contribution in [0.4, 0.5) is 0 Å². The first-order valence-corrected chi connectivity index (χ1v) is 7.51. The van der Waals surface area contributed by atoms with Crippen LogP contribution in [0.15, 0.2) is 24.3 Å². The third-order valence-electron chi connectivity index (χ3n) is 3.85.